The number of halogens is 1. The fraction of sp³-hybridized carbons (Fsp3) is 0.200. The molecule has 2 aromatic heterocycles. The van der Waals surface area contributed by atoms with Crippen molar-refractivity contribution in [3.05, 3.63) is 54.3 Å². The largest absolute Gasteiger partial charge is 0.471 e. The van der Waals surface area contributed by atoms with Crippen LogP contribution in [0.5, 0.6) is 5.88 Å². The van der Waals surface area contributed by atoms with E-state index in [4.69, 9.17) is 9.57 Å². The molecule has 0 aliphatic carbocycles. The van der Waals surface area contributed by atoms with E-state index in [1.165, 1.54) is 29.5 Å². The lowest BCUT2D eigenvalue weighted by atomic mass is 10.0. The zero-order valence-electron chi connectivity index (χ0n) is 12.4. The summed E-state index contributed by atoms with van der Waals surface area (Å²) < 4.78 is 24.3. The summed E-state index contributed by atoms with van der Waals surface area (Å²) in [6, 6.07) is 6.35. The molecule has 0 bridgehead atoms. The highest BCUT2D eigenvalue weighted by Gasteiger charge is 2.24. The molecule has 3 heterocycles. The van der Waals surface area contributed by atoms with E-state index in [9.17, 15) is 4.39 Å². The molecule has 0 radical (unpaired) electrons. The van der Waals surface area contributed by atoms with Crippen molar-refractivity contribution in [3.63, 3.8) is 0 Å². The number of aromatic nitrogens is 4. The fourth-order valence-corrected chi connectivity index (χ4v) is 2.33. The Hall–Kier alpha value is -3.23. The predicted molar refractivity (Wildman–Crippen MR) is 79.3 cm³/mol. The summed E-state index contributed by atoms with van der Waals surface area (Å²) >= 11 is 0. The summed E-state index contributed by atoms with van der Waals surface area (Å²) in [6.45, 7) is 0.275. The first-order valence-electron chi connectivity index (χ1n) is 7.22. The van der Waals surface area contributed by atoms with Crippen LogP contribution in [0.3, 0.4) is 0 Å². The van der Waals surface area contributed by atoms with Gasteiger partial charge in [-0.3, -0.25) is 0 Å². The first-order valence-corrected chi connectivity index (χ1v) is 7.22. The Bertz CT molecular complexity index is 848. The third-order valence-electron chi connectivity index (χ3n) is 3.48. The summed E-state index contributed by atoms with van der Waals surface area (Å²) in [6.07, 6.45) is 4.65. The molecule has 9 heteroatoms. The van der Waals surface area contributed by atoms with E-state index in [1.54, 1.807) is 18.2 Å². The van der Waals surface area contributed by atoms with Crippen molar-refractivity contribution in [1.29, 1.82) is 0 Å². The second kappa shape index (κ2) is 6.11. The highest BCUT2D eigenvalue weighted by atomic mass is 19.1. The average molecular weight is 329 g/mol. The molecule has 1 aliphatic rings. The van der Waals surface area contributed by atoms with Crippen molar-refractivity contribution < 1.29 is 18.5 Å². The maximum atomic E-state index is 14.3. The van der Waals surface area contributed by atoms with Crippen LogP contribution in [0.4, 0.5) is 4.39 Å². The molecule has 0 spiro atoms. The number of ether oxygens (including phenoxy) is 1. The van der Waals surface area contributed by atoms with Crippen LogP contribution >= 0.6 is 0 Å². The Kier molecular flexibility index (Phi) is 3.66. The zero-order valence-corrected chi connectivity index (χ0v) is 12.4. The normalized spacial score (nSPS) is 16.7. The summed E-state index contributed by atoms with van der Waals surface area (Å²) in [5.41, 5.74) is 1.57. The highest BCUT2D eigenvalue weighted by Crippen LogP contribution is 2.21. The van der Waals surface area contributed by atoms with E-state index >= 15 is 0 Å². The summed E-state index contributed by atoms with van der Waals surface area (Å²) in [5, 5.41) is 15.5. The quantitative estimate of drug-likeness (QED) is 0.711. The molecule has 122 valence electrons. The van der Waals surface area contributed by atoms with Gasteiger partial charge in [0.25, 0.3) is 5.88 Å². The molecule has 24 heavy (non-hydrogen) atoms. The van der Waals surface area contributed by atoms with Gasteiger partial charge >= 0.3 is 0 Å². The fourth-order valence-electron chi connectivity index (χ4n) is 2.33. The maximum Gasteiger partial charge on any atom is 0.254 e. The molecule has 0 saturated carbocycles. The topological polar surface area (TPSA) is 87.6 Å². The van der Waals surface area contributed by atoms with Gasteiger partial charge in [0.05, 0.1) is 18.1 Å². The second-order valence-corrected chi connectivity index (χ2v) is 5.10. The molecule has 8 nitrogen and oxygen atoms in total. The molecule has 0 N–H and O–H groups in total. The summed E-state index contributed by atoms with van der Waals surface area (Å²) in [5.74, 6) is -0.0529. The molecule has 4 rings (SSSR count). The smallest absolute Gasteiger partial charge is 0.254 e. The van der Waals surface area contributed by atoms with Crippen LogP contribution in [0.2, 0.25) is 0 Å². The van der Waals surface area contributed by atoms with Gasteiger partial charge in [0, 0.05) is 18.1 Å². The standard InChI is InChI=1S/C15H12FN5O3/c16-12-7-10(1-2-14(12)21-17-4-5-18-21)13-8-11(24-19-13)9-22-15-3-6-23-20-15/h1-7,11H,8-9H2. The minimum atomic E-state index is -0.436. The maximum absolute atomic E-state index is 14.3. The molecule has 1 unspecified atom stereocenters. The lowest BCUT2D eigenvalue weighted by Gasteiger charge is -2.08. The van der Waals surface area contributed by atoms with Gasteiger partial charge in [-0.1, -0.05) is 11.2 Å². The van der Waals surface area contributed by atoms with E-state index in [2.05, 4.69) is 25.0 Å². The van der Waals surface area contributed by atoms with Gasteiger partial charge in [-0.15, -0.1) is 4.80 Å². The van der Waals surface area contributed by atoms with Gasteiger partial charge in [-0.05, 0) is 17.3 Å². The number of hydrogen-bond acceptors (Lipinski definition) is 7. The van der Waals surface area contributed by atoms with Crippen molar-refractivity contribution in [3.8, 4) is 11.6 Å². The van der Waals surface area contributed by atoms with E-state index in [0.717, 1.165) is 0 Å². The van der Waals surface area contributed by atoms with Gasteiger partial charge in [0.2, 0.25) is 0 Å². The molecule has 0 fully saturated rings. The Morgan fingerprint density at radius 1 is 1.25 bits per heavy atom. The van der Waals surface area contributed by atoms with Crippen molar-refractivity contribution in [2.24, 2.45) is 5.16 Å². The van der Waals surface area contributed by atoms with E-state index in [1.807, 2.05) is 0 Å². The van der Waals surface area contributed by atoms with Crippen LogP contribution in [0.1, 0.15) is 12.0 Å². The van der Waals surface area contributed by atoms with Crippen LogP contribution in [0.25, 0.3) is 5.69 Å². The SMILES string of the molecule is Fc1cc(C2=NOC(COc3ccon3)C2)ccc1-n1nccn1. The van der Waals surface area contributed by atoms with Crippen molar-refractivity contribution in [1.82, 2.24) is 20.2 Å². The first kappa shape index (κ1) is 14.4. The number of oxime groups is 1. The molecule has 1 atom stereocenters. The number of benzene rings is 1. The van der Waals surface area contributed by atoms with E-state index in [0.29, 0.717) is 23.6 Å². The van der Waals surface area contributed by atoms with Crippen LogP contribution in [-0.4, -0.2) is 38.6 Å². The third-order valence-corrected chi connectivity index (χ3v) is 3.48. The predicted octanol–water partition coefficient (Wildman–Crippen LogP) is 1.97. The van der Waals surface area contributed by atoms with Crippen LogP contribution in [0.15, 0.2) is 52.6 Å². The van der Waals surface area contributed by atoms with Gasteiger partial charge in [-0.2, -0.15) is 10.2 Å². The molecule has 0 saturated heterocycles. The minimum Gasteiger partial charge on any atom is -0.471 e. The first-order chi connectivity index (χ1) is 11.8. The van der Waals surface area contributed by atoms with Crippen molar-refractivity contribution >= 4 is 5.71 Å². The summed E-state index contributed by atoms with van der Waals surface area (Å²) in [4.78, 5) is 6.54. The zero-order chi connectivity index (χ0) is 16.4. The van der Waals surface area contributed by atoms with Crippen LogP contribution < -0.4 is 4.74 Å². The Balaban J connectivity index is 1.42. The highest BCUT2D eigenvalue weighted by molar-refractivity contribution is 6.01. The Morgan fingerprint density at radius 3 is 2.88 bits per heavy atom. The molecule has 3 aromatic rings. The molecule has 1 aromatic carbocycles. The number of rotatable bonds is 5. The third kappa shape index (κ3) is 2.83. The van der Waals surface area contributed by atoms with E-state index in [-0.39, 0.29) is 18.4 Å². The number of nitrogens with zero attached hydrogens (tertiary/aromatic N) is 5. The lowest BCUT2D eigenvalue weighted by molar-refractivity contribution is 0.0446. The average Bonchev–Trinajstić information content (AvgIpc) is 3.34. The van der Waals surface area contributed by atoms with E-state index < -0.39 is 5.82 Å². The minimum absolute atomic E-state index is 0.257. The van der Waals surface area contributed by atoms with Gasteiger partial charge in [0.15, 0.2) is 11.9 Å². The van der Waals surface area contributed by atoms with Gasteiger partial charge < -0.3 is 14.1 Å². The number of hydrogen-bond donors (Lipinski definition) is 0. The second-order valence-electron chi connectivity index (χ2n) is 5.10. The summed E-state index contributed by atoms with van der Waals surface area (Å²) in [7, 11) is 0. The Labute approximate surface area is 135 Å². The van der Waals surface area contributed by atoms with Gasteiger partial charge in [-0.25, -0.2) is 4.39 Å². The lowest BCUT2D eigenvalue weighted by Crippen LogP contribution is -2.18. The molecule has 1 aliphatic heterocycles. The van der Waals surface area contributed by atoms with Crippen LogP contribution in [0, 0.1) is 5.82 Å². The van der Waals surface area contributed by atoms with Crippen molar-refractivity contribution in [2.75, 3.05) is 6.61 Å². The van der Waals surface area contributed by atoms with Gasteiger partial charge in [0.1, 0.15) is 18.6 Å². The molecule has 0 amide bonds. The monoisotopic (exact) mass is 329 g/mol. The van der Waals surface area contributed by atoms with Crippen LogP contribution in [-0.2, 0) is 4.84 Å². The molecular formula is C15H12FN5O3. The molecular weight excluding hydrogens is 317 g/mol. The Morgan fingerprint density at radius 2 is 2.12 bits per heavy atom. The van der Waals surface area contributed by atoms with Crippen molar-refractivity contribution in [2.45, 2.75) is 12.5 Å².